The van der Waals surface area contributed by atoms with Gasteiger partial charge in [-0.15, -0.1) is 0 Å². The third kappa shape index (κ3) is 5.76. The predicted molar refractivity (Wildman–Crippen MR) is 41.8 cm³/mol. The summed E-state index contributed by atoms with van der Waals surface area (Å²) in [6.45, 7) is 2.45. The Morgan fingerprint density at radius 2 is 2.00 bits per heavy atom. The molecule has 1 atom stereocenters. The number of nitrogens with one attached hydrogen (secondary N) is 1. The van der Waals surface area contributed by atoms with Crippen molar-refractivity contribution >= 4 is 5.97 Å². The minimum Gasteiger partial charge on any atom is -0.475 e. The standard InChI is InChI=1S/C5H11NO.C2HF3O2/c7-4-5-1-2-6-3-5;3-2(4,5)1(6)7/h5-7H,1-4H2;(H,6,7)/t5-;/m0./s1. The smallest absolute Gasteiger partial charge is 0.475 e. The molecule has 0 aromatic heterocycles. The van der Waals surface area contributed by atoms with Gasteiger partial charge in [-0.1, -0.05) is 0 Å². The van der Waals surface area contributed by atoms with Crippen molar-refractivity contribution in [1.29, 1.82) is 0 Å². The van der Waals surface area contributed by atoms with Crippen LogP contribution in [0.25, 0.3) is 0 Å². The largest absolute Gasteiger partial charge is 0.490 e. The van der Waals surface area contributed by atoms with Gasteiger partial charge in [0.2, 0.25) is 0 Å². The third-order valence-corrected chi connectivity index (χ3v) is 1.66. The first kappa shape index (κ1) is 13.2. The van der Waals surface area contributed by atoms with E-state index in [2.05, 4.69) is 5.32 Å². The second kappa shape index (κ2) is 5.82. The molecule has 0 aliphatic carbocycles. The van der Waals surface area contributed by atoms with E-state index in [0.717, 1.165) is 19.5 Å². The fourth-order valence-corrected chi connectivity index (χ4v) is 0.870. The van der Waals surface area contributed by atoms with E-state index in [-0.39, 0.29) is 0 Å². The SMILES string of the molecule is O=C(O)C(F)(F)F.OC[C@H]1CCNC1. The number of carbonyl (C=O) groups is 1. The molecule has 0 unspecified atom stereocenters. The molecule has 0 saturated carbocycles. The summed E-state index contributed by atoms with van der Waals surface area (Å²) in [4.78, 5) is 8.90. The van der Waals surface area contributed by atoms with Crippen LogP contribution in [-0.2, 0) is 4.79 Å². The molecule has 1 saturated heterocycles. The highest BCUT2D eigenvalue weighted by atomic mass is 19.4. The van der Waals surface area contributed by atoms with Crippen LogP contribution in [-0.4, -0.2) is 42.1 Å². The maximum Gasteiger partial charge on any atom is 0.490 e. The molecule has 84 valence electrons. The highest BCUT2D eigenvalue weighted by Gasteiger charge is 2.38. The summed E-state index contributed by atoms with van der Waals surface area (Å²) in [5, 5.41) is 18.8. The molecule has 1 fully saturated rings. The van der Waals surface area contributed by atoms with E-state index >= 15 is 0 Å². The summed E-state index contributed by atoms with van der Waals surface area (Å²) in [7, 11) is 0. The number of aliphatic hydroxyl groups excluding tert-OH is 1. The molecule has 14 heavy (non-hydrogen) atoms. The minimum absolute atomic E-state index is 0.354. The fraction of sp³-hybridized carbons (Fsp3) is 0.857. The van der Waals surface area contributed by atoms with E-state index in [4.69, 9.17) is 15.0 Å². The minimum atomic E-state index is -5.08. The monoisotopic (exact) mass is 215 g/mol. The van der Waals surface area contributed by atoms with Crippen molar-refractivity contribution in [3.05, 3.63) is 0 Å². The van der Waals surface area contributed by atoms with Gasteiger partial charge in [-0.2, -0.15) is 13.2 Å². The molecule has 1 aliphatic heterocycles. The fourth-order valence-electron chi connectivity index (χ4n) is 0.870. The number of alkyl halides is 3. The van der Waals surface area contributed by atoms with E-state index in [1.165, 1.54) is 0 Å². The molecule has 1 aliphatic rings. The zero-order valence-corrected chi connectivity index (χ0v) is 7.34. The van der Waals surface area contributed by atoms with Crippen LogP contribution in [0.2, 0.25) is 0 Å². The van der Waals surface area contributed by atoms with Crippen molar-refractivity contribution in [3.63, 3.8) is 0 Å². The Labute approximate surface area is 78.7 Å². The Morgan fingerprint density at radius 1 is 1.50 bits per heavy atom. The number of carboxylic acid groups (broad SMARTS) is 1. The van der Waals surface area contributed by atoms with E-state index < -0.39 is 12.1 Å². The van der Waals surface area contributed by atoms with E-state index in [9.17, 15) is 13.2 Å². The summed E-state index contributed by atoms with van der Waals surface area (Å²) in [6.07, 6.45) is -3.93. The van der Waals surface area contributed by atoms with Crippen LogP contribution in [0.1, 0.15) is 6.42 Å². The van der Waals surface area contributed by atoms with Crippen LogP contribution in [0.15, 0.2) is 0 Å². The van der Waals surface area contributed by atoms with Gasteiger partial charge in [0.1, 0.15) is 0 Å². The molecule has 0 bridgehead atoms. The molecule has 1 rings (SSSR count). The average molecular weight is 215 g/mol. The second-order valence-corrected chi connectivity index (χ2v) is 2.84. The van der Waals surface area contributed by atoms with Gasteiger partial charge in [-0.3, -0.25) is 0 Å². The maximum atomic E-state index is 10.6. The lowest BCUT2D eigenvalue weighted by molar-refractivity contribution is -0.192. The maximum absolute atomic E-state index is 10.6. The van der Waals surface area contributed by atoms with Gasteiger partial charge in [0, 0.05) is 13.2 Å². The lowest BCUT2D eigenvalue weighted by Crippen LogP contribution is -2.21. The van der Waals surface area contributed by atoms with Crippen molar-refractivity contribution in [3.8, 4) is 0 Å². The quantitative estimate of drug-likeness (QED) is 0.585. The van der Waals surface area contributed by atoms with Gasteiger partial charge >= 0.3 is 12.1 Å². The summed E-state index contributed by atoms with van der Waals surface area (Å²) in [6, 6.07) is 0. The zero-order valence-electron chi connectivity index (χ0n) is 7.34. The Bertz CT molecular complexity index is 178. The lowest BCUT2D eigenvalue weighted by atomic mass is 10.1. The molecule has 1 heterocycles. The average Bonchev–Trinajstić information content (AvgIpc) is 2.54. The number of hydrogen-bond donors (Lipinski definition) is 3. The topological polar surface area (TPSA) is 69.6 Å². The highest BCUT2D eigenvalue weighted by Crippen LogP contribution is 2.13. The van der Waals surface area contributed by atoms with E-state index in [1.807, 2.05) is 0 Å². The number of carboxylic acids is 1. The van der Waals surface area contributed by atoms with Gasteiger partial charge in [-0.05, 0) is 18.9 Å². The van der Waals surface area contributed by atoms with E-state index in [1.54, 1.807) is 0 Å². The van der Waals surface area contributed by atoms with Crippen molar-refractivity contribution in [2.45, 2.75) is 12.6 Å². The Morgan fingerprint density at radius 3 is 2.14 bits per heavy atom. The predicted octanol–water partition coefficient (Wildman–Crippen LogP) is 0.222. The number of hydrogen-bond acceptors (Lipinski definition) is 3. The second-order valence-electron chi connectivity index (χ2n) is 2.84. The van der Waals surface area contributed by atoms with Gasteiger partial charge < -0.3 is 15.5 Å². The number of aliphatic hydroxyl groups is 1. The van der Waals surface area contributed by atoms with Crippen LogP contribution in [0.5, 0.6) is 0 Å². The summed E-state index contributed by atoms with van der Waals surface area (Å²) >= 11 is 0. The third-order valence-electron chi connectivity index (χ3n) is 1.66. The van der Waals surface area contributed by atoms with E-state index in [0.29, 0.717) is 12.5 Å². The van der Waals surface area contributed by atoms with Gasteiger partial charge in [0.25, 0.3) is 0 Å². The van der Waals surface area contributed by atoms with Gasteiger partial charge in [0.05, 0.1) is 0 Å². The molecule has 0 radical (unpaired) electrons. The van der Waals surface area contributed by atoms with Gasteiger partial charge in [-0.25, -0.2) is 4.79 Å². The molecular formula is C7H12F3NO3. The molecule has 0 amide bonds. The lowest BCUT2D eigenvalue weighted by Gasteiger charge is -1.98. The first-order valence-corrected chi connectivity index (χ1v) is 3.99. The highest BCUT2D eigenvalue weighted by molar-refractivity contribution is 5.73. The van der Waals surface area contributed by atoms with Gasteiger partial charge in [0.15, 0.2) is 0 Å². The Hall–Kier alpha value is -0.820. The normalized spacial score (nSPS) is 21.3. The van der Waals surface area contributed by atoms with Crippen LogP contribution < -0.4 is 5.32 Å². The van der Waals surface area contributed by atoms with Crippen LogP contribution >= 0.6 is 0 Å². The van der Waals surface area contributed by atoms with Crippen LogP contribution in [0, 0.1) is 5.92 Å². The Kier molecular flexibility index (Phi) is 5.47. The molecule has 3 N–H and O–H groups in total. The molecular weight excluding hydrogens is 203 g/mol. The first-order chi connectivity index (χ1) is 6.38. The number of halogens is 3. The van der Waals surface area contributed by atoms with Crippen molar-refractivity contribution < 1.29 is 28.2 Å². The Balaban J connectivity index is 0.000000241. The summed E-state index contributed by atoms with van der Waals surface area (Å²) in [5.74, 6) is -2.22. The van der Waals surface area contributed by atoms with Crippen molar-refractivity contribution in [2.24, 2.45) is 5.92 Å². The summed E-state index contributed by atoms with van der Waals surface area (Å²) in [5.41, 5.74) is 0. The molecule has 4 nitrogen and oxygen atoms in total. The van der Waals surface area contributed by atoms with Crippen molar-refractivity contribution in [2.75, 3.05) is 19.7 Å². The van der Waals surface area contributed by atoms with Crippen LogP contribution in [0.3, 0.4) is 0 Å². The molecule has 0 aromatic rings. The first-order valence-electron chi connectivity index (χ1n) is 3.99. The number of rotatable bonds is 1. The summed E-state index contributed by atoms with van der Waals surface area (Å²) < 4.78 is 31.7. The van der Waals surface area contributed by atoms with Crippen molar-refractivity contribution in [1.82, 2.24) is 5.32 Å². The molecule has 0 aromatic carbocycles. The van der Waals surface area contributed by atoms with Crippen LogP contribution in [0.4, 0.5) is 13.2 Å². The number of aliphatic carboxylic acids is 1. The molecule has 0 spiro atoms. The zero-order chi connectivity index (χ0) is 11.2. The molecule has 7 heteroatoms.